The Morgan fingerprint density at radius 1 is 1.29 bits per heavy atom. The van der Waals surface area contributed by atoms with E-state index in [-0.39, 0.29) is 12.5 Å². The first-order chi connectivity index (χ1) is 6.66. The van der Waals surface area contributed by atoms with E-state index in [9.17, 15) is 10.2 Å². The first kappa shape index (κ1) is 9.97. The van der Waals surface area contributed by atoms with Gasteiger partial charge in [0, 0.05) is 5.02 Å². The predicted octanol–water partition coefficient (Wildman–Crippen LogP) is 1.93. The van der Waals surface area contributed by atoms with E-state index in [0.29, 0.717) is 5.02 Å². The zero-order chi connectivity index (χ0) is 10.2. The van der Waals surface area contributed by atoms with Crippen LogP contribution in [-0.2, 0) is 5.60 Å². The Balaban J connectivity index is 2.31. The van der Waals surface area contributed by atoms with Gasteiger partial charge in [0.1, 0.15) is 5.60 Å². The molecule has 0 spiro atoms. The van der Waals surface area contributed by atoms with E-state index in [1.165, 1.54) is 0 Å². The van der Waals surface area contributed by atoms with Gasteiger partial charge < -0.3 is 10.2 Å². The van der Waals surface area contributed by atoms with Crippen molar-refractivity contribution in [2.75, 3.05) is 6.61 Å². The topological polar surface area (TPSA) is 40.5 Å². The number of hydrogen-bond acceptors (Lipinski definition) is 2. The Morgan fingerprint density at radius 3 is 2.29 bits per heavy atom. The third-order valence-electron chi connectivity index (χ3n) is 2.84. The number of halogens is 1. The maximum absolute atomic E-state index is 10.2. The lowest BCUT2D eigenvalue weighted by molar-refractivity contribution is -0.0383. The fourth-order valence-electron chi connectivity index (χ4n) is 1.76. The van der Waals surface area contributed by atoms with Gasteiger partial charge in [-0.15, -0.1) is 0 Å². The lowest BCUT2D eigenvalue weighted by atomic mass is 9.90. The van der Waals surface area contributed by atoms with E-state index < -0.39 is 5.60 Å². The minimum atomic E-state index is -1.06. The average Bonchev–Trinajstić information content (AvgIpc) is 3.01. The molecule has 0 aliphatic heterocycles. The van der Waals surface area contributed by atoms with Gasteiger partial charge in [-0.05, 0) is 36.5 Å². The molecule has 14 heavy (non-hydrogen) atoms. The van der Waals surface area contributed by atoms with Gasteiger partial charge in [0.25, 0.3) is 0 Å². The van der Waals surface area contributed by atoms with E-state index >= 15 is 0 Å². The van der Waals surface area contributed by atoms with Crippen LogP contribution >= 0.6 is 11.6 Å². The van der Waals surface area contributed by atoms with Crippen molar-refractivity contribution in [3.63, 3.8) is 0 Å². The monoisotopic (exact) mass is 212 g/mol. The number of aliphatic hydroxyl groups excluding tert-OH is 1. The highest BCUT2D eigenvalue weighted by atomic mass is 35.5. The zero-order valence-electron chi connectivity index (χ0n) is 7.78. The van der Waals surface area contributed by atoms with Crippen molar-refractivity contribution < 1.29 is 10.2 Å². The Hall–Kier alpha value is -0.570. The number of benzene rings is 1. The van der Waals surface area contributed by atoms with Crippen LogP contribution in [0, 0.1) is 5.92 Å². The fourth-order valence-corrected chi connectivity index (χ4v) is 1.88. The second-order valence-corrected chi connectivity index (χ2v) is 4.30. The van der Waals surface area contributed by atoms with E-state index in [4.69, 9.17) is 11.6 Å². The SMILES string of the molecule is OCC(O)(c1ccc(Cl)cc1)C1CC1. The van der Waals surface area contributed by atoms with E-state index in [2.05, 4.69) is 0 Å². The Kier molecular flexibility index (Phi) is 2.52. The maximum atomic E-state index is 10.2. The number of hydrogen-bond donors (Lipinski definition) is 2. The summed E-state index contributed by atoms with van der Waals surface area (Å²) in [6.45, 7) is -0.223. The van der Waals surface area contributed by atoms with Crippen molar-refractivity contribution in [3.05, 3.63) is 34.9 Å². The van der Waals surface area contributed by atoms with Crippen LogP contribution in [0.25, 0.3) is 0 Å². The second-order valence-electron chi connectivity index (χ2n) is 3.86. The molecule has 1 unspecified atom stereocenters. The van der Waals surface area contributed by atoms with Crippen LogP contribution in [-0.4, -0.2) is 16.8 Å². The average molecular weight is 213 g/mol. The molecule has 1 aromatic rings. The highest BCUT2D eigenvalue weighted by molar-refractivity contribution is 6.30. The molecule has 0 aromatic heterocycles. The summed E-state index contributed by atoms with van der Waals surface area (Å²) < 4.78 is 0. The van der Waals surface area contributed by atoms with Crippen LogP contribution in [0.5, 0.6) is 0 Å². The van der Waals surface area contributed by atoms with E-state index in [1.54, 1.807) is 24.3 Å². The standard InChI is InChI=1S/C11H13ClO2/c12-10-5-3-9(4-6-10)11(14,7-13)8-1-2-8/h3-6,8,13-14H,1-2,7H2. The van der Waals surface area contributed by atoms with Crippen LogP contribution in [0.3, 0.4) is 0 Å². The molecular weight excluding hydrogens is 200 g/mol. The van der Waals surface area contributed by atoms with Gasteiger partial charge in [0.15, 0.2) is 0 Å². The van der Waals surface area contributed by atoms with E-state index in [0.717, 1.165) is 18.4 Å². The molecule has 0 saturated heterocycles. The molecule has 0 heterocycles. The quantitative estimate of drug-likeness (QED) is 0.804. The van der Waals surface area contributed by atoms with Crippen LogP contribution in [0.1, 0.15) is 18.4 Å². The maximum Gasteiger partial charge on any atom is 0.115 e. The molecule has 2 rings (SSSR count). The van der Waals surface area contributed by atoms with Gasteiger partial charge in [-0.3, -0.25) is 0 Å². The third kappa shape index (κ3) is 1.65. The molecule has 2 nitrogen and oxygen atoms in total. The number of rotatable bonds is 3. The summed E-state index contributed by atoms with van der Waals surface area (Å²) in [7, 11) is 0. The fraction of sp³-hybridized carbons (Fsp3) is 0.455. The molecule has 0 amide bonds. The van der Waals surface area contributed by atoms with Gasteiger partial charge in [0.2, 0.25) is 0 Å². The summed E-state index contributed by atoms with van der Waals surface area (Å²) in [5.41, 5.74) is -0.309. The highest BCUT2D eigenvalue weighted by Crippen LogP contribution is 2.45. The Bertz CT molecular complexity index is 319. The summed E-state index contributed by atoms with van der Waals surface area (Å²) in [6, 6.07) is 7.02. The van der Waals surface area contributed by atoms with Crippen molar-refractivity contribution in [1.29, 1.82) is 0 Å². The summed E-state index contributed by atoms with van der Waals surface area (Å²) >= 11 is 5.76. The van der Waals surface area contributed by atoms with Crippen molar-refractivity contribution in [3.8, 4) is 0 Å². The highest BCUT2D eigenvalue weighted by Gasteiger charge is 2.44. The Labute approximate surface area is 88.1 Å². The zero-order valence-corrected chi connectivity index (χ0v) is 8.54. The van der Waals surface area contributed by atoms with Gasteiger partial charge >= 0.3 is 0 Å². The lowest BCUT2D eigenvalue weighted by Crippen LogP contribution is -2.32. The first-order valence-corrected chi connectivity index (χ1v) is 5.14. The third-order valence-corrected chi connectivity index (χ3v) is 3.09. The summed E-state index contributed by atoms with van der Waals surface area (Å²) in [5.74, 6) is 0.202. The number of aliphatic hydroxyl groups is 2. The van der Waals surface area contributed by atoms with Crippen molar-refractivity contribution in [1.82, 2.24) is 0 Å². The molecule has 1 atom stereocenters. The molecule has 1 aromatic carbocycles. The molecule has 1 saturated carbocycles. The van der Waals surface area contributed by atoms with Gasteiger partial charge in [0.05, 0.1) is 6.61 Å². The van der Waals surface area contributed by atoms with Gasteiger partial charge in [-0.1, -0.05) is 23.7 Å². The molecule has 76 valence electrons. The van der Waals surface area contributed by atoms with Gasteiger partial charge in [-0.2, -0.15) is 0 Å². The molecule has 1 fully saturated rings. The normalized spacial score (nSPS) is 20.5. The lowest BCUT2D eigenvalue weighted by Gasteiger charge is -2.26. The molecule has 1 aliphatic rings. The molecular formula is C11H13ClO2. The predicted molar refractivity (Wildman–Crippen MR) is 55.2 cm³/mol. The smallest absolute Gasteiger partial charge is 0.115 e. The molecule has 2 N–H and O–H groups in total. The van der Waals surface area contributed by atoms with Crippen LogP contribution < -0.4 is 0 Å². The summed E-state index contributed by atoms with van der Waals surface area (Å²) in [4.78, 5) is 0. The summed E-state index contributed by atoms with van der Waals surface area (Å²) in [6.07, 6.45) is 1.97. The first-order valence-electron chi connectivity index (χ1n) is 4.76. The second kappa shape index (κ2) is 3.54. The molecule has 3 heteroatoms. The summed E-state index contributed by atoms with van der Waals surface area (Å²) in [5, 5.41) is 20.1. The largest absolute Gasteiger partial charge is 0.393 e. The minimum absolute atomic E-state index is 0.202. The van der Waals surface area contributed by atoms with Crippen molar-refractivity contribution >= 4 is 11.6 Å². The molecule has 0 radical (unpaired) electrons. The molecule has 1 aliphatic carbocycles. The van der Waals surface area contributed by atoms with Crippen LogP contribution in [0.2, 0.25) is 5.02 Å². The van der Waals surface area contributed by atoms with Gasteiger partial charge in [-0.25, -0.2) is 0 Å². The van der Waals surface area contributed by atoms with Crippen molar-refractivity contribution in [2.45, 2.75) is 18.4 Å². The minimum Gasteiger partial charge on any atom is -0.393 e. The van der Waals surface area contributed by atoms with Crippen LogP contribution in [0.4, 0.5) is 0 Å². The van der Waals surface area contributed by atoms with E-state index in [1.807, 2.05) is 0 Å². The molecule has 0 bridgehead atoms. The van der Waals surface area contributed by atoms with Crippen LogP contribution in [0.15, 0.2) is 24.3 Å². The Morgan fingerprint density at radius 2 is 1.86 bits per heavy atom. The van der Waals surface area contributed by atoms with Crippen molar-refractivity contribution in [2.24, 2.45) is 5.92 Å².